The quantitative estimate of drug-likeness (QED) is 0.875. The maximum absolute atomic E-state index is 12.3. The SMILES string of the molecule is O=C(NC1CCCC1)c1csc([C@@H]2C[C@H]2NC2CCC2)c1. The molecule has 1 aromatic heterocycles. The van der Waals surface area contributed by atoms with E-state index in [1.807, 2.05) is 5.38 Å². The van der Waals surface area contributed by atoms with E-state index in [4.69, 9.17) is 0 Å². The topological polar surface area (TPSA) is 41.1 Å². The van der Waals surface area contributed by atoms with Crippen LogP contribution in [0.3, 0.4) is 0 Å². The number of hydrogen-bond donors (Lipinski definition) is 2. The first-order chi connectivity index (χ1) is 10.3. The summed E-state index contributed by atoms with van der Waals surface area (Å²) in [6.07, 6.45) is 10.2. The highest BCUT2D eigenvalue weighted by atomic mass is 32.1. The minimum absolute atomic E-state index is 0.133. The maximum Gasteiger partial charge on any atom is 0.252 e. The molecule has 0 aromatic carbocycles. The Bertz CT molecular complexity index is 517. The number of thiophene rings is 1. The van der Waals surface area contributed by atoms with Crippen LogP contribution < -0.4 is 10.6 Å². The lowest BCUT2D eigenvalue weighted by atomic mass is 9.93. The Labute approximate surface area is 130 Å². The molecule has 0 radical (unpaired) electrons. The third-order valence-electron chi connectivity index (χ3n) is 5.28. The average molecular weight is 304 g/mol. The van der Waals surface area contributed by atoms with Gasteiger partial charge in [-0.05, 0) is 38.2 Å². The molecule has 1 aromatic rings. The zero-order valence-corrected chi connectivity index (χ0v) is 13.3. The molecule has 0 aliphatic heterocycles. The summed E-state index contributed by atoms with van der Waals surface area (Å²) in [5, 5.41) is 8.96. The van der Waals surface area contributed by atoms with Crippen LogP contribution >= 0.6 is 11.3 Å². The molecule has 3 aliphatic rings. The Kier molecular flexibility index (Phi) is 3.76. The monoisotopic (exact) mass is 304 g/mol. The highest BCUT2D eigenvalue weighted by molar-refractivity contribution is 7.10. The Morgan fingerprint density at radius 2 is 1.86 bits per heavy atom. The standard InChI is InChI=1S/C17H24N2OS/c20-17(19-13-4-1-2-5-13)11-8-16(21-10-11)14-9-15(14)18-12-6-3-7-12/h8,10,12-15,18H,1-7,9H2,(H,19,20)/t14-,15-/m1/s1. The van der Waals surface area contributed by atoms with E-state index in [0.29, 0.717) is 18.0 Å². The summed E-state index contributed by atoms with van der Waals surface area (Å²) in [6, 6.07) is 3.97. The van der Waals surface area contributed by atoms with Gasteiger partial charge in [-0.3, -0.25) is 4.79 Å². The summed E-state index contributed by atoms with van der Waals surface area (Å²) in [7, 11) is 0. The van der Waals surface area contributed by atoms with Gasteiger partial charge < -0.3 is 10.6 Å². The lowest BCUT2D eigenvalue weighted by Gasteiger charge is -2.26. The van der Waals surface area contributed by atoms with Crippen LogP contribution in [0, 0.1) is 0 Å². The van der Waals surface area contributed by atoms with E-state index in [2.05, 4.69) is 16.7 Å². The van der Waals surface area contributed by atoms with Crippen LogP contribution in [0.1, 0.15) is 72.5 Å². The van der Waals surface area contributed by atoms with E-state index in [-0.39, 0.29) is 5.91 Å². The summed E-state index contributed by atoms with van der Waals surface area (Å²) in [5.74, 6) is 0.789. The average Bonchev–Trinajstić information content (AvgIpc) is 2.86. The molecule has 3 nitrogen and oxygen atoms in total. The molecule has 0 saturated heterocycles. The zero-order chi connectivity index (χ0) is 14.2. The summed E-state index contributed by atoms with van der Waals surface area (Å²) in [4.78, 5) is 13.6. The van der Waals surface area contributed by atoms with Gasteiger partial charge in [-0.15, -0.1) is 11.3 Å². The Morgan fingerprint density at radius 3 is 2.57 bits per heavy atom. The van der Waals surface area contributed by atoms with Gasteiger partial charge in [-0.1, -0.05) is 19.3 Å². The number of amides is 1. The van der Waals surface area contributed by atoms with Gasteiger partial charge in [0, 0.05) is 34.3 Å². The number of carbonyl (C=O) groups excluding carboxylic acids is 1. The van der Waals surface area contributed by atoms with Crippen LogP contribution in [0.25, 0.3) is 0 Å². The van der Waals surface area contributed by atoms with Crippen LogP contribution in [0.5, 0.6) is 0 Å². The van der Waals surface area contributed by atoms with Crippen molar-refractivity contribution in [1.29, 1.82) is 0 Å². The van der Waals surface area contributed by atoms with Gasteiger partial charge in [0.2, 0.25) is 0 Å². The van der Waals surface area contributed by atoms with Crippen molar-refractivity contribution in [2.24, 2.45) is 0 Å². The van der Waals surface area contributed by atoms with E-state index in [9.17, 15) is 4.79 Å². The molecule has 4 heteroatoms. The second-order valence-electron chi connectivity index (χ2n) is 6.94. The molecule has 2 atom stereocenters. The van der Waals surface area contributed by atoms with E-state index in [0.717, 1.165) is 24.4 Å². The van der Waals surface area contributed by atoms with Gasteiger partial charge >= 0.3 is 0 Å². The molecule has 114 valence electrons. The molecule has 1 heterocycles. The lowest BCUT2D eigenvalue weighted by Crippen LogP contribution is -2.37. The van der Waals surface area contributed by atoms with Crippen molar-refractivity contribution in [2.45, 2.75) is 75.4 Å². The fraction of sp³-hybridized carbons (Fsp3) is 0.706. The van der Waals surface area contributed by atoms with Gasteiger partial charge in [0.25, 0.3) is 5.91 Å². The smallest absolute Gasteiger partial charge is 0.252 e. The number of nitrogens with one attached hydrogen (secondary N) is 2. The summed E-state index contributed by atoms with van der Waals surface area (Å²) in [5.41, 5.74) is 0.871. The predicted octanol–water partition coefficient (Wildman–Crippen LogP) is 3.42. The second-order valence-corrected chi connectivity index (χ2v) is 7.88. The summed E-state index contributed by atoms with van der Waals surface area (Å²) in [6.45, 7) is 0. The normalized spacial score (nSPS) is 29.3. The van der Waals surface area contributed by atoms with Gasteiger partial charge in [0.15, 0.2) is 0 Å². The molecule has 21 heavy (non-hydrogen) atoms. The Morgan fingerprint density at radius 1 is 1.10 bits per heavy atom. The molecule has 4 rings (SSSR count). The molecular weight excluding hydrogens is 280 g/mol. The van der Waals surface area contributed by atoms with Crippen LogP contribution in [0.15, 0.2) is 11.4 Å². The zero-order valence-electron chi connectivity index (χ0n) is 12.4. The van der Waals surface area contributed by atoms with Crippen LogP contribution in [0.2, 0.25) is 0 Å². The minimum atomic E-state index is 0.133. The van der Waals surface area contributed by atoms with Crippen LogP contribution in [-0.2, 0) is 0 Å². The molecule has 0 unspecified atom stereocenters. The number of rotatable bonds is 5. The first-order valence-corrected chi connectivity index (χ1v) is 9.33. The minimum Gasteiger partial charge on any atom is -0.349 e. The van der Waals surface area contributed by atoms with Crippen molar-refractivity contribution in [3.05, 3.63) is 21.9 Å². The van der Waals surface area contributed by atoms with E-state index in [1.165, 1.54) is 43.4 Å². The van der Waals surface area contributed by atoms with E-state index in [1.54, 1.807) is 11.3 Å². The van der Waals surface area contributed by atoms with Crippen molar-refractivity contribution in [3.63, 3.8) is 0 Å². The number of carbonyl (C=O) groups is 1. The fourth-order valence-electron chi connectivity index (χ4n) is 3.58. The van der Waals surface area contributed by atoms with Gasteiger partial charge in [-0.25, -0.2) is 0 Å². The van der Waals surface area contributed by atoms with Gasteiger partial charge in [-0.2, -0.15) is 0 Å². The molecule has 3 aliphatic carbocycles. The maximum atomic E-state index is 12.3. The summed E-state index contributed by atoms with van der Waals surface area (Å²) < 4.78 is 0. The van der Waals surface area contributed by atoms with Gasteiger partial charge in [0.1, 0.15) is 0 Å². The van der Waals surface area contributed by atoms with Crippen molar-refractivity contribution in [2.75, 3.05) is 0 Å². The molecule has 0 bridgehead atoms. The van der Waals surface area contributed by atoms with Crippen molar-refractivity contribution in [3.8, 4) is 0 Å². The van der Waals surface area contributed by atoms with E-state index >= 15 is 0 Å². The van der Waals surface area contributed by atoms with Crippen LogP contribution in [-0.4, -0.2) is 24.0 Å². The third-order valence-corrected chi connectivity index (χ3v) is 6.35. The summed E-state index contributed by atoms with van der Waals surface area (Å²) >= 11 is 1.76. The lowest BCUT2D eigenvalue weighted by molar-refractivity contribution is 0.0938. The van der Waals surface area contributed by atoms with Gasteiger partial charge in [0.05, 0.1) is 5.56 Å². The molecule has 2 N–H and O–H groups in total. The Balaban J connectivity index is 1.31. The Hall–Kier alpha value is -0.870. The molecule has 3 fully saturated rings. The molecule has 3 saturated carbocycles. The highest BCUT2D eigenvalue weighted by Gasteiger charge is 2.41. The molecule has 0 spiro atoms. The first kappa shape index (κ1) is 13.8. The van der Waals surface area contributed by atoms with Crippen molar-refractivity contribution in [1.82, 2.24) is 10.6 Å². The third kappa shape index (κ3) is 3.02. The van der Waals surface area contributed by atoms with Crippen molar-refractivity contribution < 1.29 is 4.79 Å². The largest absolute Gasteiger partial charge is 0.349 e. The van der Waals surface area contributed by atoms with Crippen molar-refractivity contribution >= 4 is 17.2 Å². The van der Waals surface area contributed by atoms with Crippen LogP contribution in [0.4, 0.5) is 0 Å². The second kappa shape index (κ2) is 5.73. The highest BCUT2D eigenvalue weighted by Crippen LogP contribution is 2.44. The molecular formula is C17H24N2OS. The fourth-order valence-corrected chi connectivity index (χ4v) is 4.64. The predicted molar refractivity (Wildman–Crippen MR) is 86.0 cm³/mol. The molecule has 1 amide bonds. The number of hydrogen-bond acceptors (Lipinski definition) is 3. The van der Waals surface area contributed by atoms with E-state index < -0.39 is 0 Å². The first-order valence-electron chi connectivity index (χ1n) is 8.45.